The van der Waals surface area contributed by atoms with Crippen LogP contribution in [0.4, 0.5) is 0 Å². The Morgan fingerprint density at radius 1 is 0.921 bits per heavy atom. The van der Waals surface area contributed by atoms with Gasteiger partial charge in [0.15, 0.2) is 11.5 Å². The number of carbonyl (C=O) groups is 2. The van der Waals surface area contributed by atoms with E-state index < -0.39 is 6.04 Å². The van der Waals surface area contributed by atoms with Crippen LogP contribution in [0.2, 0.25) is 10.0 Å². The van der Waals surface area contributed by atoms with Gasteiger partial charge in [-0.1, -0.05) is 79.5 Å². The van der Waals surface area contributed by atoms with Gasteiger partial charge in [0.1, 0.15) is 6.04 Å². The van der Waals surface area contributed by atoms with E-state index in [4.69, 9.17) is 32.7 Å². The van der Waals surface area contributed by atoms with Crippen LogP contribution < -0.4 is 14.8 Å². The molecular weight excluding hydrogens is 523 g/mol. The predicted octanol–water partition coefficient (Wildman–Crippen LogP) is 6.07. The van der Waals surface area contributed by atoms with E-state index in [1.807, 2.05) is 62.4 Å². The van der Waals surface area contributed by atoms with Crippen LogP contribution in [0.5, 0.6) is 11.5 Å². The quantitative estimate of drug-likeness (QED) is 0.312. The fraction of sp³-hybridized carbons (Fsp3) is 0.333. The van der Waals surface area contributed by atoms with Crippen LogP contribution >= 0.6 is 23.2 Å². The molecule has 200 valence electrons. The molecule has 1 aliphatic rings. The Hall–Kier alpha value is -3.22. The highest BCUT2D eigenvalue weighted by Gasteiger charge is 2.31. The number of halogens is 2. The fourth-order valence-corrected chi connectivity index (χ4v) is 4.84. The van der Waals surface area contributed by atoms with Gasteiger partial charge in [0.25, 0.3) is 0 Å². The van der Waals surface area contributed by atoms with E-state index in [0.717, 1.165) is 11.1 Å². The number of benzene rings is 3. The molecule has 0 radical (unpaired) electrons. The van der Waals surface area contributed by atoms with Crippen molar-refractivity contribution in [2.24, 2.45) is 5.92 Å². The first-order chi connectivity index (χ1) is 18.3. The molecule has 8 heteroatoms. The lowest BCUT2D eigenvalue weighted by atomic mass is 10.0. The number of amides is 2. The minimum atomic E-state index is -0.743. The van der Waals surface area contributed by atoms with E-state index in [9.17, 15) is 9.59 Å². The average molecular weight is 556 g/mol. The smallest absolute Gasteiger partial charge is 0.243 e. The van der Waals surface area contributed by atoms with Crippen LogP contribution in [0.15, 0.2) is 66.7 Å². The van der Waals surface area contributed by atoms with Crippen molar-refractivity contribution >= 4 is 35.0 Å². The van der Waals surface area contributed by atoms with Crippen LogP contribution in [-0.2, 0) is 29.0 Å². The standard InChI is InChI=1S/C30H32Cl2N2O4/c1-20(2)17-33-30(36)26(15-21-7-4-3-5-8-21)34(18-23-24(31)9-6-10-25(23)32)29(35)14-12-22-11-13-27-28(16-22)38-19-37-27/h3-11,13,16,20,26H,12,14-15,17-19H2,1-2H3,(H,33,36)/t26-/m0/s1. The molecule has 0 aliphatic carbocycles. The summed E-state index contributed by atoms with van der Waals surface area (Å²) in [6, 6.07) is 19.9. The third kappa shape index (κ3) is 7.21. The second-order valence-corrected chi connectivity index (χ2v) is 10.6. The van der Waals surface area contributed by atoms with Crippen LogP contribution in [0.1, 0.15) is 37.0 Å². The summed E-state index contributed by atoms with van der Waals surface area (Å²) in [5, 5.41) is 3.93. The number of fused-ring (bicyclic) bond motifs is 1. The highest BCUT2D eigenvalue weighted by molar-refractivity contribution is 6.36. The average Bonchev–Trinajstić information content (AvgIpc) is 3.38. The molecule has 3 aromatic carbocycles. The predicted molar refractivity (Wildman–Crippen MR) is 150 cm³/mol. The summed E-state index contributed by atoms with van der Waals surface area (Å²) in [6.45, 7) is 4.88. The molecule has 0 aromatic heterocycles. The first kappa shape index (κ1) is 27.8. The van der Waals surface area contributed by atoms with Crippen LogP contribution in [0.25, 0.3) is 0 Å². The van der Waals surface area contributed by atoms with Gasteiger partial charge in [-0.25, -0.2) is 0 Å². The van der Waals surface area contributed by atoms with Gasteiger partial charge >= 0.3 is 0 Å². The lowest BCUT2D eigenvalue weighted by Gasteiger charge is -2.32. The van der Waals surface area contributed by atoms with Gasteiger partial charge in [-0.05, 0) is 47.7 Å². The molecule has 6 nitrogen and oxygen atoms in total. The van der Waals surface area contributed by atoms with Gasteiger partial charge in [-0.2, -0.15) is 0 Å². The number of nitrogens with zero attached hydrogens (tertiary/aromatic N) is 1. The number of aryl methyl sites for hydroxylation is 1. The van der Waals surface area contributed by atoms with Crippen molar-refractivity contribution < 1.29 is 19.1 Å². The maximum atomic E-state index is 13.9. The van der Waals surface area contributed by atoms with Crippen LogP contribution in [-0.4, -0.2) is 36.1 Å². The molecular formula is C30H32Cl2N2O4. The van der Waals surface area contributed by atoms with Crippen molar-refractivity contribution in [3.63, 3.8) is 0 Å². The van der Waals surface area contributed by atoms with Crippen molar-refractivity contribution in [1.82, 2.24) is 10.2 Å². The molecule has 0 bridgehead atoms. The molecule has 0 fully saturated rings. The van der Waals surface area contributed by atoms with Crippen molar-refractivity contribution in [2.45, 2.75) is 45.7 Å². The molecule has 0 saturated carbocycles. The van der Waals surface area contributed by atoms with Crippen molar-refractivity contribution in [2.75, 3.05) is 13.3 Å². The zero-order chi connectivity index (χ0) is 27.1. The van der Waals surface area contributed by atoms with Gasteiger partial charge in [0.2, 0.25) is 18.6 Å². The Morgan fingerprint density at radius 3 is 2.34 bits per heavy atom. The molecule has 1 heterocycles. The fourth-order valence-electron chi connectivity index (χ4n) is 4.32. The Bertz CT molecular complexity index is 1250. The molecule has 0 saturated heterocycles. The zero-order valence-electron chi connectivity index (χ0n) is 21.6. The Morgan fingerprint density at radius 2 is 1.63 bits per heavy atom. The summed E-state index contributed by atoms with van der Waals surface area (Å²) in [4.78, 5) is 29.0. The number of carbonyl (C=O) groups excluding carboxylic acids is 2. The lowest BCUT2D eigenvalue weighted by molar-refractivity contribution is -0.141. The number of nitrogens with one attached hydrogen (secondary N) is 1. The largest absolute Gasteiger partial charge is 0.454 e. The van der Waals surface area contributed by atoms with E-state index >= 15 is 0 Å². The van der Waals surface area contributed by atoms with E-state index in [2.05, 4.69) is 5.32 Å². The molecule has 4 rings (SSSR count). The lowest BCUT2D eigenvalue weighted by Crippen LogP contribution is -2.51. The van der Waals surface area contributed by atoms with Crippen LogP contribution in [0.3, 0.4) is 0 Å². The van der Waals surface area contributed by atoms with Gasteiger partial charge < -0.3 is 19.7 Å². The van der Waals surface area contributed by atoms with Crippen molar-refractivity contribution in [1.29, 1.82) is 0 Å². The number of ether oxygens (including phenoxy) is 2. The minimum Gasteiger partial charge on any atom is -0.454 e. The molecule has 2 amide bonds. The normalized spacial score (nSPS) is 12.9. The summed E-state index contributed by atoms with van der Waals surface area (Å²) in [6.07, 6.45) is 1.04. The first-order valence-electron chi connectivity index (χ1n) is 12.7. The third-order valence-corrected chi connectivity index (χ3v) is 7.12. The summed E-state index contributed by atoms with van der Waals surface area (Å²) >= 11 is 13.0. The number of hydrogen-bond donors (Lipinski definition) is 1. The summed E-state index contributed by atoms with van der Waals surface area (Å²) in [7, 11) is 0. The van der Waals surface area contributed by atoms with E-state index in [1.54, 1.807) is 23.1 Å². The third-order valence-electron chi connectivity index (χ3n) is 6.41. The summed E-state index contributed by atoms with van der Waals surface area (Å²) in [5.74, 6) is 1.26. The summed E-state index contributed by atoms with van der Waals surface area (Å²) < 4.78 is 10.9. The maximum Gasteiger partial charge on any atom is 0.243 e. The first-order valence-corrected chi connectivity index (χ1v) is 13.5. The Balaban J connectivity index is 1.63. The van der Waals surface area contributed by atoms with Gasteiger partial charge in [0.05, 0.1) is 0 Å². The maximum absolute atomic E-state index is 13.9. The number of rotatable bonds is 11. The SMILES string of the molecule is CC(C)CNC(=O)[C@H](Cc1ccccc1)N(Cc1c(Cl)cccc1Cl)C(=O)CCc1ccc2c(c1)OCO2. The molecule has 3 aromatic rings. The Kier molecular flexibility index (Phi) is 9.53. The number of hydrogen-bond acceptors (Lipinski definition) is 4. The topological polar surface area (TPSA) is 67.9 Å². The zero-order valence-corrected chi connectivity index (χ0v) is 23.1. The highest BCUT2D eigenvalue weighted by atomic mass is 35.5. The van der Waals surface area contributed by atoms with E-state index in [-0.39, 0.29) is 37.5 Å². The second kappa shape index (κ2) is 13.0. The van der Waals surface area contributed by atoms with Crippen LogP contribution in [0, 0.1) is 5.92 Å². The summed E-state index contributed by atoms with van der Waals surface area (Å²) in [5.41, 5.74) is 2.51. The Labute approximate surface area is 233 Å². The minimum absolute atomic E-state index is 0.116. The molecule has 1 N–H and O–H groups in total. The molecule has 0 spiro atoms. The molecule has 38 heavy (non-hydrogen) atoms. The van der Waals surface area contributed by atoms with E-state index in [0.29, 0.717) is 46.5 Å². The van der Waals surface area contributed by atoms with Gasteiger partial charge in [-0.3, -0.25) is 9.59 Å². The molecule has 1 aliphatic heterocycles. The molecule has 1 atom stereocenters. The second-order valence-electron chi connectivity index (χ2n) is 9.75. The van der Waals surface area contributed by atoms with Gasteiger partial charge in [-0.15, -0.1) is 0 Å². The van der Waals surface area contributed by atoms with Gasteiger partial charge in [0, 0.05) is 41.5 Å². The highest BCUT2D eigenvalue weighted by Crippen LogP contribution is 2.33. The van der Waals surface area contributed by atoms with Crippen molar-refractivity contribution in [3.8, 4) is 11.5 Å². The monoisotopic (exact) mass is 554 g/mol. The van der Waals surface area contributed by atoms with Crippen molar-refractivity contribution in [3.05, 3.63) is 93.5 Å². The van der Waals surface area contributed by atoms with E-state index in [1.165, 1.54) is 0 Å². The molecule has 0 unspecified atom stereocenters.